The average Bonchev–Trinajstić information content (AvgIpc) is 2.85. The van der Waals surface area contributed by atoms with Gasteiger partial charge in [0.25, 0.3) is 0 Å². The van der Waals surface area contributed by atoms with Gasteiger partial charge < -0.3 is 10.4 Å². The Morgan fingerprint density at radius 1 is 1.33 bits per heavy atom. The topological polar surface area (TPSA) is 50.1 Å². The average molecular weight is 245 g/mol. The van der Waals surface area contributed by atoms with Crippen molar-refractivity contribution in [3.8, 4) is 0 Å². The third-order valence-electron chi connectivity index (χ3n) is 2.85. The molecule has 4 nitrogen and oxygen atoms in total. The summed E-state index contributed by atoms with van der Waals surface area (Å²) in [4.78, 5) is 0. The van der Waals surface area contributed by atoms with Crippen LogP contribution in [0.2, 0.25) is 0 Å². The number of hydrogen-bond acceptors (Lipinski definition) is 3. The lowest BCUT2D eigenvalue weighted by Crippen LogP contribution is -2.02. The van der Waals surface area contributed by atoms with E-state index in [0.717, 1.165) is 24.2 Å². The summed E-state index contributed by atoms with van der Waals surface area (Å²) < 4.78 is 1.75. The number of aryl methyl sites for hydroxylation is 1. The van der Waals surface area contributed by atoms with Crippen LogP contribution in [0.3, 0.4) is 0 Å². The van der Waals surface area contributed by atoms with Gasteiger partial charge in [0.05, 0.1) is 19.3 Å². The van der Waals surface area contributed by atoms with Crippen molar-refractivity contribution in [1.29, 1.82) is 0 Å². The van der Waals surface area contributed by atoms with Gasteiger partial charge in [-0.05, 0) is 24.1 Å². The van der Waals surface area contributed by atoms with Gasteiger partial charge in [-0.25, -0.2) is 0 Å². The third kappa shape index (κ3) is 3.34. The van der Waals surface area contributed by atoms with E-state index in [0.29, 0.717) is 6.54 Å². The van der Waals surface area contributed by atoms with Crippen LogP contribution in [0.25, 0.3) is 0 Å². The molecule has 4 heteroatoms. The smallest absolute Gasteiger partial charge is 0.0640 e. The van der Waals surface area contributed by atoms with Crippen molar-refractivity contribution in [2.45, 2.75) is 26.4 Å². The number of aliphatic hydroxyl groups is 1. The minimum absolute atomic E-state index is 0.118. The molecule has 1 aromatic heterocycles. The van der Waals surface area contributed by atoms with Crippen LogP contribution in [-0.2, 0) is 19.5 Å². The second-order valence-electron chi connectivity index (χ2n) is 4.24. The van der Waals surface area contributed by atoms with Gasteiger partial charge in [-0.3, -0.25) is 4.68 Å². The van der Waals surface area contributed by atoms with Crippen LogP contribution in [0.15, 0.2) is 36.7 Å². The SMILES string of the molecule is CCc1cccc(NCc2cnn(CCO)c2)c1. The molecule has 96 valence electrons. The standard InChI is InChI=1S/C14H19N3O/c1-2-12-4-3-5-14(8-12)15-9-13-10-16-17(11-13)6-7-18/h3-5,8,10-11,15,18H,2,6-7,9H2,1H3. The molecule has 0 saturated heterocycles. The molecule has 0 aliphatic carbocycles. The zero-order valence-corrected chi connectivity index (χ0v) is 10.6. The maximum atomic E-state index is 8.82. The Bertz CT molecular complexity index is 493. The van der Waals surface area contributed by atoms with Gasteiger partial charge in [-0.1, -0.05) is 19.1 Å². The van der Waals surface area contributed by atoms with Crippen LogP contribution < -0.4 is 5.32 Å². The maximum absolute atomic E-state index is 8.82. The Kier molecular flexibility index (Phi) is 4.36. The van der Waals surface area contributed by atoms with Crippen LogP contribution >= 0.6 is 0 Å². The number of nitrogens with zero attached hydrogens (tertiary/aromatic N) is 2. The Hall–Kier alpha value is -1.81. The molecule has 2 N–H and O–H groups in total. The van der Waals surface area contributed by atoms with Gasteiger partial charge in [0.15, 0.2) is 0 Å². The predicted octanol–water partition coefficient (Wildman–Crippen LogP) is 2.05. The zero-order valence-electron chi connectivity index (χ0n) is 10.6. The van der Waals surface area contributed by atoms with Crippen molar-refractivity contribution in [2.75, 3.05) is 11.9 Å². The molecule has 0 aliphatic rings. The first-order valence-corrected chi connectivity index (χ1v) is 6.27. The summed E-state index contributed by atoms with van der Waals surface area (Å²) in [5.74, 6) is 0. The van der Waals surface area contributed by atoms with Crippen molar-refractivity contribution in [1.82, 2.24) is 9.78 Å². The monoisotopic (exact) mass is 245 g/mol. The van der Waals surface area contributed by atoms with E-state index in [1.165, 1.54) is 5.56 Å². The molecule has 0 unspecified atom stereocenters. The molecule has 0 bridgehead atoms. The molecule has 0 spiro atoms. The highest BCUT2D eigenvalue weighted by Gasteiger charge is 1.99. The Morgan fingerprint density at radius 3 is 3.00 bits per heavy atom. The van der Waals surface area contributed by atoms with Crippen molar-refractivity contribution in [2.24, 2.45) is 0 Å². The number of nitrogens with one attached hydrogen (secondary N) is 1. The van der Waals surface area contributed by atoms with E-state index in [1.807, 2.05) is 12.4 Å². The number of aromatic nitrogens is 2. The van der Waals surface area contributed by atoms with Gasteiger partial charge in [0.2, 0.25) is 0 Å². The summed E-state index contributed by atoms with van der Waals surface area (Å²) >= 11 is 0. The first-order valence-electron chi connectivity index (χ1n) is 6.27. The van der Waals surface area contributed by atoms with E-state index in [-0.39, 0.29) is 6.61 Å². The Labute approximate surface area is 107 Å². The molecule has 0 amide bonds. The van der Waals surface area contributed by atoms with E-state index in [9.17, 15) is 0 Å². The largest absolute Gasteiger partial charge is 0.394 e. The fourth-order valence-corrected chi connectivity index (χ4v) is 1.83. The van der Waals surface area contributed by atoms with Crippen molar-refractivity contribution >= 4 is 5.69 Å². The first-order chi connectivity index (χ1) is 8.81. The fraction of sp³-hybridized carbons (Fsp3) is 0.357. The molecule has 0 aliphatic heterocycles. The normalized spacial score (nSPS) is 10.6. The van der Waals surface area contributed by atoms with E-state index in [1.54, 1.807) is 4.68 Å². The second-order valence-corrected chi connectivity index (χ2v) is 4.24. The summed E-state index contributed by atoms with van der Waals surface area (Å²) in [5, 5.41) is 16.4. The molecule has 1 heterocycles. The minimum Gasteiger partial charge on any atom is -0.394 e. The lowest BCUT2D eigenvalue weighted by atomic mass is 10.1. The van der Waals surface area contributed by atoms with Crippen molar-refractivity contribution < 1.29 is 5.11 Å². The minimum atomic E-state index is 0.118. The number of aliphatic hydroxyl groups excluding tert-OH is 1. The van der Waals surface area contributed by atoms with E-state index >= 15 is 0 Å². The van der Waals surface area contributed by atoms with Crippen LogP contribution in [-0.4, -0.2) is 21.5 Å². The summed E-state index contributed by atoms with van der Waals surface area (Å²) in [6.07, 6.45) is 4.82. The van der Waals surface area contributed by atoms with Crippen molar-refractivity contribution in [3.05, 3.63) is 47.8 Å². The van der Waals surface area contributed by atoms with Crippen LogP contribution in [0, 0.1) is 0 Å². The highest BCUT2D eigenvalue weighted by atomic mass is 16.3. The van der Waals surface area contributed by atoms with Gasteiger partial charge in [0.1, 0.15) is 0 Å². The highest BCUT2D eigenvalue weighted by molar-refractivity contribution is 5.46. The summed E-state index contributed by atoms with van der Waals surface area (Å²) in [7, 11) is 0. The Morgan fingerprint density at radius 2 is 2.22 bits per heavy atom. The van der Waals surface area contributed by atoms with Gasteiger partial charge >= 0.3 is 0 Å². The number of anilines is 1. The van der Waals surface area contributed by atoms with Gasteiger partial charge in [0, 0.05) is 24.0 Å². The van der Waals surface area contributed by atoms with Gasteiger partial charge in [-0.15, -0.1) is 0 Å². The molecule has 18 heavy (non-hydrogen) atoms. The lowest BCUT2D eigenvalue weighted by Gasteiger charge is -2.06. The molecule has 2 rings (SSSR count). The first kappa shape index (κ1) is 12.6. The third-order valence-corrected chi connectivity index (χ3v) is 2.85. The van der Waals surface area contributed by atoms with Crippen LogP contribution in [0.1, 0.15) is 18.1 Å². The van der Waals surface area contributed by atoms with E-state index < -0.39 is 0 Å². The molecule has 0 radical (unpaired) electrons. The molecule has 1 aromatic carbocycles. The summed E-state index contributed by atoms with van der Waals surface area (Å²) in [6, 6.07) is 8.43. The quantitative estimate of drug-likeness (QED) is 0.819. The molecule has 0 fully saturated rings. The van der Waals surface area contributed by atoms with Gasteiger partial charge in [-0.2, -0.15) is 5.10 Å². The molecule has 2 aromatic rings. The molecular formula is C14H19N3O. The molecule has 0 atom stereocenters. The zero-order chi connectivity index (χ0) is 12.8. The second kappa shape index (κ2) is 6.21. The highest BCUT2D eigenvalue weighted by Crippen LogP contribution is 2.12. The number of hydrogen-bond donors (Lipinski definition) is 2. The molecule has 0 saturated carbocycles. The van der Waals surface area contributed by atoms with Crippen molar-refractivity contribution in [3.63, 3.8) is 0 Å². The lowest BCUT2D eigenvalue weighted by molar-refractivity contribution is 0.269. The Balaban J connectivity index is 1.93. The summed E-state index contributed by atoms with van der Waals surface area (Å²) in [5.41, 5.74) is 3.57. The summed E-state index contributed by atoms with van der Waals surface area (Å²) in [6.45, 7) is 3.56. The molecular weight excluding hydrogens is 226 g/mol. The fourth-order valence-electron chi connectivity index (χ4n) is 1.83. The predicted molar refractivity (Wildman–Crippen MR) is 72.5 cm³/mol. The maximum Gasteiger partial charge on any atom is 0.0640 e. The van der Waals surface area contributed by atoms with E-state index in [2.05, 4.69) is 41.6 Å². The van der Waals surface area contributed by atoms with Crippen LogP contribution in [0.5, 0.6) is 0 Å². The van der Waals surface area contributed by atoms with E-state index in [4.69, 9.17) is 5.11 Å². The number of rotatable bonds is 6. The van der Waals surface area contributed by atoms with Crippen LogP contribution in [0.4, 0.5) is 5.69 Å². The number of benzene rings is 1.